The molecule has 0 amide bonds. The number of nitriles is 1. The summed E-state index contributed by atoms with van der Waals surface area (Å²) in [5.74, 6) is 1.43. The summed E-state index contributed by atoms with van der Waals surface area (Å²) in [7, 11) is 1.50. The molecule has 0 atom stereocenters. The highest BCUT2D eigenvalue weighted by atomic mass is 16.5. The fourth-order valence-electron chi connectivity index (χ4n) is 1.40. The van der Waals surface area contributed by atoms with Gasteiger partial charge in [0.25, 0.3) is 0 Å². The number of anilines is 1. The number of nitrogens with two attached hydrogens (primary N) is 1. The molecule has 0 saturated carbocycles. The molecule has 0 unspecified atom stereocenters. The minimum absolute atomic E-state index is 0.427. The summed E-state index contributed by atoms with van der Waals surface area (Å²) in [6.07, 6.45) is 1.51. The van der Waals surface area contributed by atoms with Gasteiger partial charge in [-0.2, -0.15) is 5.26 Å². The first kappa shape index (κ1) is 11.7. The number of hydrogen-bond donors (Lipinski definition) is 1. The van der Waals surface area contributed by atoms with Gasteiger partial charge in [-0.25, -0.2) is 4.98 Å². The van der Waals surface area contributed by atoms with Gasteiger partial charge in [-0.1, -0.05) is 0 Å². The zero-order chi connectivity index (χ0) is 13.0. The second kappa shape index (κ2) is 5.06. The quantitative estimate of drug-likeness (QED) is 0.891. The Morgan fingerprint density at radius 2 is 2.11 bits per heavy atom. The second-order valence-corrected chi connectivity index (χ2v) is 3.51. The Kier molecular flexibility index (Phi) is 3.30. The SMILES string of the molecule is COc1cc(Oc2ccc(N)cn2)ccc1C#N. The van der Waals surface area contributed by atoms with E-state index in [1.807, 2.05) is 6.07 Å². The van der Waals surface area contributed by atoms with Crippen LogP contribution in [-0.4, -0.2) is 12.1 Å². The maximum Gasteiger partial charge on any atom is 0.219 e. The Labute approximate surface area is 104 Å². The van der Waals surface area contributed by atoms with E-state index < -0.39 is 0 Å². The first-order valence-electron chi connectivity index (χ1n) is 5.20. The van der Waals surface area contributed by atoms with E-state index in [0.717, 1.165) is 0 Å². The topological polar surface area (TPSA) is 81.2 Å². The normalized spacial score (nSPS) is 9.56. The number of aromatic nitrogens is 1. The van der Waals surface area contributed by atoms with Crippen molar-refractivity contribution in [2.24, 2.45) is 0 Å². The van der Waals surface area contributed by atoms with Crippen LogP contribution < -0.4 is 15.2 Å². The zero-order valence-corrected chi connectivity index (χ0v) is 9.75. The Hall–Kier alpha value is -2.74. The minimum atomic E-state index is 0.427. The molecule has 18 heavy (non-hydrogen) atoms. The molecule has 5 heteroatoms. The lowest BCUT2D eigenvalue weighted by atomic mass is 10.2. The first-order chi connectivity index (χ1) is 8.72. The van der Waals surface area contributed by atoms with Crippen molar-refractivity contribution < 1.29 is 9.47 Å². The molecule has 0 radical (unpaired) electrons. The van der Waals surface area contributed by atoms with Gasteiger partial charge in [0.05, 0.1) is 24.6 Å². The minimum Gasteiger partial charge on any atom is -0.495 e. The van der Waals surface area contributed by atoms with E-state index in [-0.39, 0.29) is 0 Å². The van der Waals surface area contributed by atoms with E-state index in [4.69, 9.17) is 20.5 Å². The van der Waals surface area contributed by atoms with E-state index in [2.05, 4.69) is 4.98 Å². The molecule has 1 heterocycles. The molecule has 90 valence electrons. The number of nitrogens with zero attached hydrogens (tertiary/aromatic N) is 2. The third-order valence-electron chi connectivity index (χ3n) is 2.28. The number of rotatable bonds is 3. The van der Waals surface area contributed by atoms with Crippen molar-refractivity contribution >= 4 is 5.69 Å². The molecule has 0 aliphatic heterocycles. The molecule has 2 N–H and O–H groups in total. The summed E-state index contributed by atoms with van der Waals surface area (Å²) in [5.41, 5.74) is 6.55. The first-order valence-corrected chi connectivity index (χ1v) is 5.20. The van der Waals surface area contributed by atoms with Crippen molar-refractivity contribution in [3.8, 4) is 23.4 Å². The molecule has 0 aliphatic carbocycles. The Morgan fingerprint density at radius 1 is 1.28 bits per heavy atom. The zero-order valence-electron chi connectivity index (χ0n) is 9.75. The number of hydrogen-bond acceptors (Lipinski definition) is 5. The smallest absolute Gasteiger partial charge is 0.219 e. The van der Waals surface area contributed by atoms with Crippen LogP contribution in [0.25, 0.3) is 0 Å². The van der Waals surface area contributed by atoms with Crippen LogP contribution >= 0.6 is 0 Å². The average Bonchev–Trinajstić information content (AvgIpc) is 2.41. The average molecular weight is 241 g/mol. The van der Waals surface area contributed by atoms with Crippen LogP contribution in [0.1, 0.15) is 5.56 Å². The maximum absolute atomic E-state index is 8.86. The van der Waals surface area contributed by atoms with Gasteiger partial charge in [0.2, 0.25) is 5.88 Å². The molecule has 2 aromatic rings. The number of methoxy groups -OCH3 is 1. The molecular formula is C13H11N3O2. The standard InChI is InChI=1S/C13H11N3O2/c1-17-12-6-11(4-2-9(12)7-14)18-13-5-3-10(15)8-16-13/h2-6,8H,15H2,1H3. The number of pyridine rings is 1. The number of benzene rings is 1. The molecule has 0 spiro atoms. The summed E-state index contributed by atoms with van der Waals surface area (Å²) in [5, 5.41) is 8.86. The summed E-state index contributed by atoms with van der Waals surface area (Å²) >= 11 is 0. The molecule has 1 aromatic carbocycles. The molecule has 1 aromatic heterocycles. The second-order valence-electron chi connectivity index (χ2n) is 3.51. The van der Waals surface area contributed by atoms with Gasteiger partial charge in [-0.15, -0.1) is 0 Å². The van der Waals surface area contributed by atoms with Crippen LogP contribution in [0.5, 0.6) is 17.4 Å². The predicted octanol–water partition coefficient (Wildman–Crippen LogP) is 2.34. The van der Waals surface area contributed by atoms with Crippen LogP contribution in [-0.2, 0) is 0 Å². The van der Waals surface area contributed by atoms with E-state index in [1.165, 1.54) is 13.3 Å². The summed E-state index contributed by atoms with van der Waals surface area (Å²) in [6, 6.07) is 10.3. The fraction of sp³-hybridized carbons (Fsp3) is 0.0769. The molecular weight excluding hydrogens is 230 g/mol. The van der Waals surface area contributed by atoms with Crippen molar-refractivity contribution in [1.82, 2.24) is 4.98 Å². The van der Waals surface area contributed by atoms with Gasteiger partial charge < -0.3 is 15.2 Å². The van der Waals surface area contributed by atoms with E-state index in [1.54, 1.807) is 30.3 Å². The molecule has 0 bridgehead atoms. The van der Waals surface area contributed by atoms with Crippen molar-refractivity contribution in [2.45, 2.75) is 0 Å². The number of ether oxygens (including phenoxy) is 2. The van der Waals surface area contributed by atoms with Gasteiger partial charge in [-0.3, -0.25) is 0 Å². The van der Waals surface area contributed by atoms with Crippen LogP contribution in [0.15, 0.2) is 36.5 Å². The lowest BCUT2D eigenvalue weighted by Gasteiger charge is -2.07. The summed E-state index contributed by atoms with van der Waals surface area (Å²) in [4.78, 5) is 4.02. The summed E-state index contributed by atoms with van der Waals surface area (Å²) in [6.45, 7) is 0. The molecule has 5 nitrogen and oxygen atoms in total. The molecule has 2 rings (SSSR count). The van der Waals surface area contributed by atoms with Crippen molar-refractivity contribution in [3.05, 3.63) is 42.1 Å². The summed E-state index contributed by atoms with van der Waals surface area (Å²) < 4.78 is 10.6. The molecule has 0 aliphatic rings. The lowest BCUT2D eigenvalue weighted by molar-refractivity contribution is 0.406. The van der Waals surface area contributed by atoms with Crippen LogP contribution in [0.4, 0.5) is 5.69 Å². The molecule has 0 fully saturated rings. The molecule has 0 saturated heterocycles. The van der Waals surface area contributed by atoms with Gasteiger partial charge in [0.15, 0.2) is 0 Å². The maximum atomic E-state index is 8.86. The highest BCUT2D eigenvalue weighted by Crippen LogP contribution is 2.27. The highest BCUT2D eigenvalue weighted by Gasteiger charge is 2.05. The van der Waals surface area contributed by atoms with Crippen molar-refractivity contribution in [3.63, 3.8) is 0 Å². The van der Waals surface area contributed by atoms with Crippen LogP contribution in [0.3, 0.4) is 0 Å². The van der Waals surface area contributed by atoms with Gasteiger partial charge >= 0.3 is 0 Å². The van der Waals surface area contributed by atoms with Gasteiger partial charge in [0.1, 0.15) is 17.6 Å². The van der Waals surface area contributed by atoms with E-state index in [0.29, 0.717) is 28.6 Å². The monoisotopic (exact) mass is 241 g/mol. The third kappa shape index (κ3) is 2.50. The Balaban J connectivity index is 2.25. The van der Waals surface area contributed by atoms with Crippen molar-refractivity contribution in [2.75, 3.05) is 12.8 Å². The van der Waals surface area contributed by atoms with Gasteiger partial charge in [0, 0.05) is 12.1 Å². The Bertz CT molecular complexity index is 588. The Morgan fingerprint density at radius 3 is 2.72 bits per heavy atom. The lowest BCUT2D eigenvalue weighted by Crippen LogP contribution is -1.92. The highest BCUT2D eigenvalue weighted by molar-refractivity contribution is 5.48. The predicted molar refractivity (Wildman–Crippen MR) is 66.4 cm³/mol. The van der Waals surface area contributed by atoms with Crippen molar-refractivity contribution in [1.29, 1.82) is 5.26 Å². The van der Waals surface area contributed by atoms with E-state index in [9.17, 15) is 0 Å². The van der Waals surface area contributed by atoms with Gasteiger partial charge in [-0.05, 0) is 18.2 Å². The van der Waals surface area contributed by atoms with E-state index >= 15 is 0 Å². The van der Waals surface area contributed by atoms with Crippen LogP contribution in [0, 0.1) is 11.3 Å². The third-order valence-corrected chi connectivity index (χ3v) is 2.28. The number of nitrogen functional groups attached to an aromatic ring is 1. The fourth-order valence-corrected chi connectivity index (χ4v) is 1.40. The van der Waals surface area contributed by atoms with Crippen LogP contribution in [0.2, 0.25) is 0 Å². The largest absolute Gasteiger partial charge is 0.495 e.